The summed E-state index contributed by atoms with van der Waals surface area (Å²) in [4.78, 5) is 11.6. The minimum Gasteiger partial charge on any atom is -0.370 e. The van der Waals surface area contributed by atoms with Crippen molar-refractivity contribution in [3.05, 3.63) is 46.4 Å². The number of ether oxygens (including phenoxy) is 1. The molecular weight excluding hydrogens is 338 g/mol. The number of hydrogen-bond acceptors (Lipinski definition) is 5. The summed E-state index contributed by atoms with van der Waals surface area (Å²) in [7, 11) is 1.91. The highest BCUT2D eigenvalue weighted by molar-refractivity contribution is 6.35. The van der Waals surface area contributed by atoms with Gasteiger partial charge >= 0.3 is 0 Å². The number of halogens is 1. The van der Waals surface area contributed by atoms with Gasteiger partial charge in [0.15, 0.2) is 5.65 Å². The molecule has 130 valence electrons. The zero-order valence-electron chi connectivity index (χ0n) is 14.5. The minimum atomic E-state index is -0.0218. The summed E-state index contributed by atoms with van der Waals surface area (Å²) in [5.74, 6) is 0.838. The summed E-state index contributed by atoms with van der Waals surface area (Å²) >= 11 is 6.51. The molecule has 1 atom stereocenters. The second-order valence-corrected chi connectivity index (χ2v) is 6.88. The van der Waals surface area contributed by atoms with E-state index in [1.165, 1.54) is 0 Å². The largest absolute Gasteiger partial charge is 0.370 e. The van der Waals surface area contributed by atoms with Crippen molar-refractivity contribution in [3.63, 3.8) is 0 Å². The van der Waals surface area contributed by atoms with Crippen molar-refractivity contribution in [2.75, 3.05) is 24.6 Å². The highest BCUT2D eigenvalue weighted by Gasteiger charge is 2.24. The summed E-state index contributed by atoms with van der Waals surface area (Å²) in [5.41, 5.74) is 3.86. The second kappa shape index (κ2) is 6.28. The first kappa shape index (κ1) is 16.3. The normalized spacial score (nSPS) is 18.1. The molecule has 25 heavy (non-hydrogen) atoms. The number of aromatic nitrogens is 4. The van der Waals surface area contributed by atoms with Crippen LogP contribution in [0.3, 0.4) is 0 Å². The van der Waals surface area contributed by atoms with Crippen molar-refractivity contribution < 1.29 is 4.74 Å². The number of fused-ring (bicyclic) bond motifs is 1. The van der Waals surface area contributed by atoms with Gasteiger partial charge in [0, 0.05) is 49.0 Å². The van der Waals surface area contributed by atoms with E-state index in [1.54, 1.807) is 4.68 Å². The fourth-order valence-electron chi connectivity index (χ4n) is 3.11. The molecule has 0 N–H and O–H groups in total. The summed E-state index contributed by atoms with van der Waals surface area (Å²) in [6.45, 7) is 6.15. The third kappa shape index (κ3) is 3.07. The maximum Gasteiger partial charge on any atom is 0.163 e. The number of anilines is 1. The van der Waals surface area contributed by atoms with Crippen LogP contribution in [0.15, 0.2) is 24.5 Å². The van der Waals surface area contributed by atoms with Crippen LogP contribution < -0.4 is 4.90 Å². The average Bonchev–Trinajstić information content (AvgIpc) is 3.03. The molecule has 1 unspecified atom stereocenters. The smallest absolute Gasteiger partial charge is 0.163 e. The van der Waals surface area contributed by atoms with Crippen molar-refractivity contribution in [3.8, 4) is 0 Å². The second-order valence-electron chi connectivity index (χ2n) is 6.48. The Morgan fingerprint density at radius 2 is 2.08 bits per heavy atom. The van der Waals surface area contributed by atoms with Gasteiger partial charge in [-0.15, -0.1) is 0 Å². The van der Waals surface area contributed by atoms with E-state index >= 15 is 0 Å². The molecule has 4 heterocycles. The van der Waals surface area contributed by atoms with E-state index in [1.807, 2.05) is 39.4 Å². The van der Waals surface area contributed by atoms with Gasteiger partial charge in [-0.05, 0) is 25.5 Å². The Morgan fingerprint density at radius 3 is 2.84 bits per heavy atom. The minimum absolute atomic E-state index is 0.0218. The third-order valence-electron chi connectivity index (χ3n) is 4.67. The summed E-state index contributed by atoms with van der Waals surface area (Å²) in [6, 6.07) is 3.97. The molecule has 7 heteroatoms. The van der Waals surface area contributed by atoms with Crippen LogP contribution in [0.5, 0.6) is 0 Å². The summed E-state index contributed by atoms with van der Waals surface area (Å²) in [5, 5.41) is 5.81. The number of morpholine rings is 1. The lowest BCUT2D eigenvalue weighted by Crippen LogP contribution is -2.38. The molecular formula is C18H20ClN5O. The standard InChI is InChI=1S/C18H20ClN5O/c1-11-6-14-15(19)7-17(22-18(14)21-12(11)2)24-4-5-25-16(10-24)13-8-20-23(3)9-13/h6-9,16H,4-5,10H2,1-3H3. The first-order valence-corrected chi connectivity index (χ1v) is 8.68. The molecule has 1 fully saturated rings. The van der Waals surface area contributed by atoms with Gasteiger partial charge < -0.3 is 9.64 Å². The zero-order chi connectivity index (χ0) is 17.6. The van der Waals surface area contributed by atoms with Gasteiger partial charge in [-0.2, -0.15) is 5.10 Å². The number of nitrogens with zero attached hydrogens (tertiary/aromatic N) is 5. The van der Waals surface area contributed by atoms with E-state index < -0.39 is 0 Å². The highest BCUT2D eigenvalue weighted by atomic mass is 35.5. The first-order chi connectivity index (χ1) is 12.0. The molecule has 3 aromatic heterocycles. The Morgan fingerprint density at radius 1 is 1.24 bits per heavy atom. The van der Waals surface area contributed by atoms with Crippen molar-refractivity contribution in [2.24, 2.45) is 7.05 Å². The van der Waals surface area contributed by atoms with E-state index in [9.17, 15) is 0 Å². The number of hydrogen-bond donors (Lipinski definition) is 0. The lowest BCUT2D eigenvalue weighted by atomic mass is 10.1. The molecule has 3 aromatic rings. The lowest BCUT2D eigenvalue weighted by molar-refractivity contribution is 0.0395. The van der Waals surface area contributed by atoms with E-state index in [-0.39, 0.29) is 6.10 Å². The topological polar surface area (TPSA) is 56.1 Å². The highest BCUT2D eigenvalue weighted by Crippen LogP contribution is 2.30. The van der Waals surface area contributed by atoms with Crippen LogP contribution in [-0.4, -0.2) is 39.4 Å². The van der Waals surface area contributed by atoms with Crippen LogP contribution in [0.4, 0.5) is 5.82 Å². The Bertz CT molecular complexity index is 939. The maximum absolute atomic E-state index is 6.51. The fraction of sp³-hybridized carbons (Fsp3) is 0.389. The van der Waals surface area contributed by atoms with Gasteiger partial charge in [-0.3, -0.25) is 4.68 Å². The van der Waals surface area contributed by atoms with Crippen LogP contribution in [0, 0.1) is 13.8 Å². The molecule has 0 amide bonds. The van der Waals surface area contributed by atoms with Crippen LogP contribution in [0.2, 0.25) is 5.02 Å². The van der Waals surface area contributed by atoms with Gasteiger partial charge in [0.1, 0.15) is 11.9 Å². The number of rotatable bonds is 2. The average molecular weight is 358 g/mol. The monoisotopic (exact) mass is 357 g/mol. The summed E-state index contributed by atoms with van der Waals surface area (Å²) in [6.07, 6.45) is 3.82. The SMILES string of the molecule is Cc1cc2c(Cl)cc(N3CCOC(c4cnn(C)c4)C3)nc2nc1C. The molecule has 0 aromatic carbocycles. The van der Waals surface area contributed by atoms with Gasteiger partial charge in [-0.25, -0.2) is 9.97 Å². The van der Waals surface area contributed by atoms with Crippen LogP contribution in [0.25, 0.3) is 11.0 Å². The van der Waals surface area contributed by atoms with Crippen LogP contribution in [-0.2, 0) is 11.8 Å². The predicted molar refractivity (Wildman–Crippen MR) is 98.1 cm³/mol. The molecule has 1 saturated heterocycles. The molecule has 6 nitrogen and oxygen atoms in total. The molecule has 1 aliphatic heterocycles. The number of pyridine rings is 2. The van der Waals surface area contributed by atoms with E-state index in [4.69, 9.17) is 21.3 Å². The van der Waals surface area contributed by atoms with Gasteiger partial charge in [0.05, 0.1) is 17.8 Å². The Kier molecular flexibility index (Phi) is 4.09. The molecule has 0 spiro atoms. The lowest BCUT2D eigenvalue weighted by Gasteiger charge is -2.33. The van der Waals surface area contributed by atoms with Crippen molar-refractivity contribution in [1.82, 2.24) is 19.7 Å². The molecule has 0 radical (unpaired) electrons. The van der Waals surface area contributed by atoms with Crippen molar-refractivity contribution >= 4 is 28.5 Å². The first-order valence-electron chi connectivity index (χ1n) is 8.31. The molecule has 0 bridgehead atoms. The Hall–Kier alpha value is -2.18. The fourth-order valence-corrected chi connectivity index (χ4v) is 3.35. The molecule has 0 aliphatic carbocycles. The maximum atomic E-state index is 6.51. The molecule has 1 aliphatic rings. The van der Waals surface area contributed by atoms with Gasteiger partial charge in [0.25, 0.3) is 0 Å². The predicted octanol–water partition coefficient (Wildman–Crippen LogP) is 3.21. The third-order valence-corrected chi connectivity index (χ3v) is 4.98. The Balaban J connectivity index is 1.67. The van der Waals surface area contributed by atoms with Crippen LogP contribution >= 0.6 is 11.6 Å². The molecule has 4 rings (SSSR count). The van der Waals surface area contributed by atoms with E-state index in [0.717, 1.165) is 34.6 Å². The Labute approximate surface area is 151 Å². The summed E-state index contributed by atoms with van der Waals surface area (Å²) < 4.78 is 7.70. The van der Waals surface area contributed by atoms with Gasteiger partial charge in [-0.1, -0.05) is 11.6 Å². The van der Waals surface area contributed by atoms with Gasteiger partial charge in [0.2, 0.25) is 0 Å². The number of aryl methyl sites for hydroxylation is 3. The van der Waals surface area contributed by atoms with E-state index in [0.29, 0.717) is 23.8 Å². The van der Waals surface area contributed by atoms with Crippen LogP contribution in [0.1, 0.15) is 22.9 Å². The zero-order valence-corrected chi connectivity index (χ0v) is 15.3. The van der Waals surface area contributed by atoms with Crippen molar-refractivity contribution in [2.45, 2.75) is 20.0 Å². The quantitative estimate of drug-likeness (QED) is 0.705. The van der Waals surface area contributed by atoms with Crippen molar-refractivity contribution in [1.29, 1.82) is 0 Å². The molecule has 0 saturated carbocycles. The van der Waals surface area contributed by atoms with E-state index in [2.05, 4.69) is 21.0 Å².